The molecule has 144 valence electrons. The zero-order valence-corrected chi connectivity index (χ0v) is 17.3. The fourth-order valence-corrected chi connectivity index (χ4v) is 3.88. The highest BCUT2D eigenvalue weighted by atomic mass is 79.9. The summed E-state index contributed by atoms with van der Waals surface area (Å²) in [7, 11) is -2.36. The molecule has 0 saturated carbocycles. The molecular formula is C19H20BrNO5S. The Balaban J connectivity index is 2.06. The Morgan fingerprint density at radius 2 is 1.67 bits per heavy atom. The summed E-state index contributed by atoms with van der Waals surface area (Å²) < 4.78 is 30.3. The average Bonchev–Trinajstić information content (AvgIpc) is 2.65. The lowest BCUT2D eigenvalue weighted by Crippen LogP contribution is -2.35. The number of carbonyl (C=O) groups is 2. The summed E-state index contributed by atoms with van der Waals surface area (Å²) in [4.78, 5) is 24.4. The summed E-state index contributed by atoms with van der Waals surface area (Å²) in [6, 6.07) is 12.3. The Labute approximate surface area is 167 Å². The van der Waals surface area contributed by atoms with E-state index in [-0.39, 0.29) is 17.1 Å². The SMILES string of the molecule is COC(=O)C(NC(=O)CCS(=O)(=O)c1ccc(C)cc1)c1ccc(Br)cc1. The highest BCUT2D eigenvalue weighted by molar-refractivity contribution is 9.10. The molecule has 0 radical (unpaired) electrons. The lowest BCUT2D eigenvalue weighted by atomic mass is 10.1. The van der Waals surface area contributed by atoms with E-state index >= 15 is 0 Å². The van der Waals surface area contributed by atoms with Crippen molar-refractivity contribution in [3.05, 3.63) is 64.1 Å². The largest absolute Gasteiger partial charge is 0.467 e. The maximum Gasteiger partial charge on any atom is 0.333 e. The minimum Gasteiger partial charge on any atom is -0.467 e. The van der Waals surface area contributed by atoms with E-state index in [1.54, 1.807) is 36.4 Å². The first-order chi connectivity index (χ1) is 12.7. The van der Waals surface area contributed by atoms with E-state index in [2.05, 4.69) is 21.2 Å². The lowest BCUT2D eigenvalue weighted by Gasteiger charge is -2.17. The van der Waals surface area contributed by atoms with Crippen LogP contribution >= 0.6 is 15.9 Å². The highest BCUT2D eigenvalue weighted by Gasteiger charge is 2.24. The van der Waals surface area contributed by atoms with Gasteiger partial charge in [0.05, 0.1) is 17.8 Å². The molecule has 2 aromatic carbocycles. The monoisotopic (exact) mass is 453 g/mol. The van der Waals surface area contributed by atoms with Gasteiger partial charge in [0.15, 0.2) is 15.9 Å². The number of ether oxygens (including phenoxy) is 1. The van der Waals surface area contributed by atoms with Crippen molar-refractivity contribution in [2.45, 2.75) is 24.3 Å². The van der Waals surface area contributed by atoms with Gasteiger partial charge in [-0.05, 0) is 36.8 Å². The van der Waals surface area contributed by atoms with E-state index in [1.807, 2.05) is 6.92 Å². The molecule has 1 amide bonds. The number of hydrogen-bond acceptors (Lipinski definition) is 5. The van der Waals surface area contributed by atoms with Crippen molar-refractivity contribution in [1.29, 1.82) is 0 Å². The maximum absolute atomic E-state index is 12.4. The molecule has 0 aliphatic rings. The first kappa shape index (κ1) is 21.1. The van der Waals surface area contributed by atoms with Gasteiger partial charge < -0.3 is 10.1 Å². The summed E-state index contributed by atoms with van der Waals surface area (Å²) in [6.45, 7) is 1.86. The Morgan fingerprint density at radius 3 is 2.22 bits per heavy atom. The highest BCUT2D eigenvalue weighted by Crippen LogP contribution is 2.19. The first-order valence-corrected chi connectivity index (χ1v) is 10.6. The van der Waals surface area contributed by atoms with Crippen molar-refractivity contribution in [2.24, 2.45) is 0 Å². The predicted molar refractivity (Wildman–Crippen MR) is 105 cm³/mol. The van der Waals surface area contributed by atoms with Crippen LogP contribution in [0.2, 0.25) is 0 Å². The number of esters is 1. The summed E-state index contributed by atoms with van der Waals surface area (Å²) in [5, 5.41) is 2.54. The van der Waals surface area contributed by atoms with Crippen LogP contribution in [0.5, 0.6) is 0 Å². The Kier molecular flexibility index (Phi) is 7.15. The first-order valence-electron chi connectivity index (χ1n) is 8.15. The van der Waals surface area contributed by atoms with E-state index in [1.165, 1.54) is 19.2 Å². The molecule has 6 nitrogen and oxygen atoms in total. The lowest BCUT2D eigenvalue weighted by molar-refractivity contribution is -0.145. The molecule has 0 bridgehead atoms. The van der Waals surface area contributed by atoms with Crippen molar-refractivity contribution in [2.75, 3.05) is 12.9 Å². The number of rotatable bonds is 7. The van der Waals surface area contributed by atoms with Crippen LogP contribution in [0.15, 0.2) is 57.9 Å². The van der Waals surface area contributed by atoms with Crippen LogP contribution in [-0.2, 0) is 24.2 Å². The molecule has 0 fully saturated rings. The number of amides is 1. The van der Waals surface area contributed by atoms with Crippen molar-refractivity contribution in [3.63, 3.8) is 0 Å². The molecule has 1 N–H and O–H groups in total. The number of aryl methyl sites for hydroxylation is 1. The Morgan fingerprint density at radius 1 is 1.07 bits per heavy atom. The molecule has 0 spiro atoms. The van der Waals surface area contributed by atoms with Gasteiger partial charge in [-0.2, -0.15) is 0 Å². The van der Waals surface area contributed by atoms with Crippen molar-refractivity contribution < 1.29 is 22.7 Å². The zero-order valence-electron chi connectivity index (χ0n) is 14.9. The molecule has 1 atom stereocenters. The molecule has 0 aromatic heterocycles. The minimum absolute atomic E-state index is 0.165. The van der Waals surface area contributed by atoms with Crippen molar-refractivity contribution in [1.82, 2.24) is 5.32 Å². The number of halogens is 1. The van der Waals surface area contributed by atoms with Crippen LogP contribution < -0.4 is 5.32 Å². The van der Waals surface area contributed by atoms with Crippen molar-refractivity contribution in [3.8, 4) is 0 Å². The molecule has 8 heteroatoms. The van der Waals surface area contributed by atoms with E-state index < -0.39 is 27.8 Å². The summed E-state index contributed by atoms with van der Waals surface area (Å²) in [6.07, 6.45) is -0.264. The minimum atomic E-state index is -3.59. The van der Waals surface area contributed by atoms with Crippen LogP contribution in [0.1, 0.15) is 23.6 Å². The topological polar surface area (TPSA) is 89.5 Å². The molecule has 2 aromatic rings. The van der Waals surface area contributed by atoms with E-state index in [9.17, 15) is 18.0 Å². The number of nitrogens with one attached hydrogen (secondary N) is 1. The number of carbonyl (C=O) groups excluding carboxylic acids is 2. The zero-order chi connectivity index (χ0) is 20.0. The number of hydrogen-bond donors (Lipinski definition) is 1. The number of methoxy groups -OCH3 is 1. The third-order valence-corrected chi connectivity index (χ3v) is 6.18. The van der Waals surface area contributed by atoms with Gasteiger partial charge in [0.25, 0.3) is 0 Å². The Hall–Kier alpha value is -2.19. The van der Waals surface area contributed by atoms with Gasteiger partial charge in [0, 0.05) is 10.9 Å². The fourth-order valence-electron chi connectivity index (χ4n) is 2.38. The van der Waals surface area contributed by atoms with Gasteiger partial charge in [0.2, 0.25) is 5.91 Å². The third-order valence-electron chi connectivity index (χ3n) is 3.92. The van der Waals surface area contributed by atoms with E-state index in [4.69, 9.17) is 4.74 Å². The molecule has 1 unspecified atom stereocenters. The number of benzene rings is 2. The van der Waals surface area contributed by atoms with Crippen LogP contribution in [0.25, 0.3) is 0 Å². The van der Waals surface area contributed by atoms with Crippen LogP contribution in [0.3, 0.4) is 0 Å². The van der Waals surface area contributed by atoms with Gasteiger partial charge in [-0.25, -0.2) is 13.2 Å². The second kappa shape index (κ2) is 9.14. The fraction of sp³-hybridized carbons (Fsp3) is 0.263. The normalized spacial score (nSPS) is 12.3. The average molecular weight is 454 g/mol. The second-order valence-electron chi connectivity index (χ2n) is 5.96. The van der Waals surface area contributed by atoms with Gasteiger partial charge in [0.1, 0.15) is 0 Å². The van der Waals surface area contributed by atoms with E-state index in [0.717, 1.165) is 10.0 Å². The summed E-state index contributed by atoms with van der Waals surface area (Å²) >= 11 is 3.30. The molecule has 0 heterocycles. The summed E-state index contributed by atoms with van der Waals surface area (Å²) in [5.41, 5.74) is 1.49. The van der Waals surface area contributed by atoms with Gasteiger partial charge in [-0.15, -0.1) is 0 Å². The van der Waals surface area contributed by atoms with Gasteiger partial charge in [-0.3, -0.25) is 4.79 Å². The molecule has 2 rings (SSSR count). The quantitative estimate of drug-likeness (QED) is 0.650. The maximum atomic E-state index is 12.4. The molecule has 0 aliphatic carbocycles. The summed E-state index contributed by atoms with van der Waals surface area (Å²) in [5.74, 6) is -1.54. The van der Waals surface area contributed by atoms with Crippen molar-refractivity contribution >= 4 is 37.6 Å². The number of sulfone groups is 1. The van der Waals surface area contributed by atoms with Crippen LogP contribution in [0.4, 0.5) is 0 Å². The third kappa shape index (κ3) is 5.90. The van der Waals surface area contributed by atoms with E-state index in [0.29, 0.717) is 5.56 Å². The Bertz CT molecular complexity index is 908. The van der Waals surface area contributed by atoms with Gasteiger partial charge >= 0.3 is 5.97 Å². The van der Waals surface area contributed by atoms with Crippen LogP contribution in [-0.4, -0.2) is 33.2 Å². The predicted octanol–water partition coefficient (Wildman–Crippen LogP) is 2.95. The molecular weight excluding hydrogens is 434 g/mol. The second-order valence-corrected chi connectivity index (χ2v) is 8.98. The molecule has 27 heavy (non-hydrogen) atoms. The smallest absolute Gasteiger partial charge is 0.333 e. The molecule has 0 saturated heterocycles. The molecule has 0 aliphatic heterocycles. The standard InChI is InChI=1S/C19H20BrNO5S/c1-13-3-9-16(10-4-13)27(24,25)12-11-17(22)21-18(19(23)26-2)14-5-7-15(20)8-6-14/h3-10,18H,11-12H2,1-2H3,(H,21,22). The van der Waals surface area contributed by atoms with Crippen LogP contribution in [0, 0.1) is 6.92 Å². The van der Waals surface area contributed by atoms with Gasteiger partial charge in [-0.1, -0.05) is 45.8 Å².